The Morgan fingerprint density at radius 3 is 2.48 bits per heavy atom. The molecule has 0 radical (unpaired) electrons. The van der Waals surface area contributed by atoms with E-state index in [0.717, 1.165) is 29.8 Å². The molecule has 2 aromatic rings. The third-order valence-electron chi connectivity index (χ3n) is 5.24. The first-order valence-corrected chi connectivity index (χ1v) is 9.87. The average molecular weight is 357 g/mol. The molecule has 134 valence electrons. The molecule has 1 saturated carbocycles. The van der Waals surface area contributed by atoms with Crippen LogP contribution in [0.4, 0.5) is 0 Å². The van der Waals surface area contributed by atoms with Gasteiger partial charge in [0.2, 0.25) is 0 Å². The number of hydrogen-bond acceptors (Lipinski definition) is 3. The van der Waals surface area contributed by atoms with E-state index < -0.39 is 0 Å². The molecule has 1 aromatic heterocycles. The molecule has 1 aliphatic rings. The summed E-state index contributed by atoms with van der Waals surface area (Å²) < 4.78 is 0. The number of hydrogen-bond donors (Lipinski definition) is 2. The van der Waals surface area contributed by atoms with Crippen LogP contribution in [0.15, 0.2) is 35.3 Å². The second kappa shape index (κ2) is 8.00. The van der Waals surface area contributed by atoms with Gasteiger partial charge in [-0.3, -0.25) is 4.99 Å². The Labute approximate surface area is 154 Å². The van der Waals surface area contributed by atoms with Gasteiger partial charge in [-0.25, -0.2) is 4.98 Å². The zero-order valence-corrected chi connectivity index (χ0v) is 16.2. The van der Waals surface area contributed by atoms with Gasteiger partial charge in [0.25, 0.3) is 0 Å². The first kappa shape index (κ1) is 17.9. The molecule has 1 heterocycles. The molecule has 2 N–H and O–H groups in total. The van der Waals surface area contributed by atoms with Gasteiger partial charge in [-0.15, -0.1) is 11.3 Å². The summed E-state index contributed by atoms with van der Waals surface area (Å²) in [4.78, 5) is 10.3. The third kappa shape index (κ3) is 4.21. The number of aryl methyl sites for hydroxylation is 2. The molecule has 25 heavy (non-hydrogen) atoms. The minimum atomic E-state index is 0.229. The quantitative estimate of drug-likeness (QED) is 0.630. The number of benzene rings is 1. The lowest BCUT2D eigenvalue weighted by Crippen LogP contribution is -2.44. The maximum Gasteiger partial charge on any atom is 0.191 e. The maximum atomic E-state index is 4.59. The molecule has 3 rings (SSSR count). The van der Waals surface area contributed by atoms with E-state index >= 15 is 0 Å². The summed E-state index contributed by atoms with van der Waals surface area (Å²) in [6.07, 6.45) is 5.10. The van der Waals surface area contributed by atoms with Crippen LogP contribution in [-0.4, -0.2) is 24.5 Å². The predicted octanol–water partition coefficient (Wildman–Crippen LogP) is 3.94. The van der Waals surface area contributed by atoms with Crippen LogP contribution in [0.1, 0.15) is 46.8 Å². The van der Waals surface area contributed by atoms with Crippen LogP contribution in [-0.2, 0) is 12.0 Å². The highest BCUT2D eigenvalue weighted by Gasteiger charge is 2.35. The van der Waals surface area contributed by atoms with Gasteiger partial charge in [-0.1, -0.05) is 43.2 Å². The first-order valence-electron chi connectivity index (χ1n) is 9.06. The molecule has 1 aliphatic carbocycles. The number of thiazole rings is 1. The third-order valence-corrected chi connectivity index (χ3v) is 6.32. The van der Waals surface area contributed by atoms with Gasteiger partial charge in [0, 0.05) is 23.9 Å². The summed E-state index contributed by atoms with van der Waals surface area (Å²) in [5.74, 6) is 0.854. The highest BCUT2D eigenvalue weighted by atomic mass is 32.1. The summed E-state index contributed by atoms with van der Waals surface area (Å²) in [6.45, 7) is 5.82. The minimum absolute atomic E-state index is 0.229. The molecule has 0 amide bonds. The standard InChI is InChI=1S/C20H28N4S/c1-15-16(2)25-18(24-15)13-22-19(21-3)23-14-20(11-7-8-12-20)17-9-5-4-6-10-17/h4-6,9-10H,7-8,11-14H2,1-3H3,(H2,21,22,23). The van der Waals surface area contributed by atoms with Gasteiger partial charge >= 0.3 is 0 Å². The highest BCUT2D eigenvalue weighted by Crippen LogP contribution is 2.40. The Morgan fingerprint density at radius 1 is 1.16 bits per heavy atom. The van der Waals surface area contributed by atoms with Crippen molar-refractivity contribution in [1.82, 2.24) is 15.6 Å². The van der Waals surface area contributed by atoms with Crippen LogP contribution in [0.2, 0.25) is 0 Å². The number of nitrogens with one attached hydrogen (secondary N) is 2. The number of aliphatic imine (C=N–C) groups is 1. The Bertz CT molecular complexity index is 695. The van der Waals surface area contributed by atoms with E-state index in [1.54, 1.807) is 11.3 Å². The Hall–Kier alpha value is -1.88. The molecular formula is C20H28N4S. The van der Waals surface area contributed by atoms with E-state index in [1.807, 2.05) is 7.05 Å². The van der Waals surface area contributed by atoms with Gasteiger partial charge < -0.3 is 10.6 Å². The normalized spacial score (nSPS) is 16.8. The zero-order valence-electron chi connectivity index (χ0n) is 15.4. The summed E-state index contributed by atoms with van der Waals surface area (Å²) in [5, 5.41) is 8.07. The summed E-state index contributed by atoms with van der Waals surface area (Å²) in [7, 11) is 1.83. The van der Waals surface area contributed by atoms with Crippen molar-refractivity contribution in [1.29, 1.82) is 0 Å². The van der Waals surface area contributed by atoms with E-state index in [9.17, 15) is 0 Å². The fraction of sp³-hybridized carbons (Fsp3) is 0.500. The van der Waals surface area contributed by atoms with Crippen molar-refractivity contribution in [3.05, 3.63) is 51.5 Å². The molecule has 5 heteroatoms. The zero-order chi connectivity index (χ0) is 17.7. The van der Waals surface area contributed by atoms with Gasteiger partial charge in [-0.2, -0.15) is 0 Å². The lowest BCUT2D eigenvalue weighted by Gasteiger charge is -2.30. The van der Waals surface area contributed by atoms with Crippen molar-refractivity contribution in [2.75, 3.05) is 13.6 Å². The molecule has 0 atom stereocenters. The lowest BCUT2D eigenvalue weighted by molar-refractivity contribution is 0.431. The molecule has 0 bridgehead atoms. The van der Waals surface area contributed by atoms with Crippen molar-refractivity contribution in [3.8, 4) is 0 Å². The van der Waals surface area contributed by atoms with E-state index in [2.05, 4.69) is 64.8 Å². The number of nitrogens with zero attached hydrogens (tertiary/aromatic N) is 2. The fourth-order valence-corrected chi connectivity index (χ4v) is 4.53. The summed E-state index contributed by atoms with van der Waals surface area (Å²) in [6, 6.07) is 10.9. The Balaban J connectivity index is 1.61. The minimum Gasteiger partial charge on any atom is -0.356 e. The predicted molar refractivity (Wildman–Crippen MR) is 106 cm³/mol. The van der Waals surface area contributed by atoms with E-state index in [1.165, 1.54) is 36.1 Å². The van der Waals surface area contributed by atoms with Crippen LogP contribution in [0.3, 0.4) is 0 Å². The SMILES string of the molecule is CN=C(NCc1nc(C)c(C)s1)NCC1(c2ccccc2)CCCC1. The van der Waals surface area contributed by atoms with E-state index in [-0.39, 0.29) is 5.41 Å². The van der Waals surface area contributed by atoms with Crippen LogP contribution in [0.5, 0.6) is 0 Å². The van der Waals surface area contributed by atoms with Crippen LogP contribution < -0.4 is 10.6 Å². The topological polar surface area (TPSA) is 49.3 Å². The molecular weight excluding hydrogens is 328 g/mol. The van der Waals surface area contributed by atoms with Crippen molar-refractivity contribution in [2.24, 2.45) is 4.99 Å². The lowest BCUT2D eigenvalue weighted by atomic mass is 9.79. The van der Waals surface area contributed by atoms with Crippen LogP contribution in [0.25, 0.3) is 0 Å². The molecule has 0 aliphatic heterocycles. The molecule has 1 fully saturated rings. The maximum absolute atomic E-state index is 4.59. The van der Waals surface area contributed by atoms with Crippen LogP contribution >= 0.6 is 11.3 Å². The monoisotopic (exact) mass is 356 g/mol. The van der Waals surface area contributed by atoms with Gasteiger partial charge in [0.1, 0.15) is 5.01 Å². The summed E-state index contributed by atoms with van der Waals surface area (Å²) in [5.41, 5.74) is 2.80. The molecule has 0 spiro atoms. The van der Waals surface area contributed by atoms with Gasteiger partial charge in [0.15, 0.2) is 5.96 Å². The van der Waals surface area contributed by atoms with Crippen molar-refractivity contribution in [2.45, 2.75) is 51.5 Å². The summed E-state index contributed by atoms with van der Waals surface area (Å²) >= 11 is 1.75. The van der Waals surface area contributed by atoms with E-state index in [0.29, 0.717) is 0 Å². The molecule has 0 unspecified atom stereocenters. The molecule has 1 aromatic carbocycles. The second-order valence-corrected chi connectivity index (χ2v) is 8.17. The Kier molecular flexibility index (Phi) is 5.74. The smallest absolute Gasteiger partial charge is 0.191 e. The average Bonchev–Trinajstić information content (AvgIpc) is 3.24. The Morgan fingerprint density at radius 2 is 1.88 bits per heavy atom. The van der Waals surface area contributed by atoms with Crippen LogP contribution in [0, 0.1) is 13.8 Å². The molecule has 4 nitrogen and oxygen atoms in total. The second-order valence-electron chi connectivity index (χ2n) is 6.88. The largest absolute Gasteiger partial charge is 0.356 e. The van der Waals surface area contributed by atoms with E-state index in [4.69, 9.17) is 0 Å². The molecule has 0 saturated heterocycles. The van der Waals surface area contributed by atoms with Gasteiger partial charge in [-0.05, 0) is 32.3 Å². The van der Waals surface area contributed by atoms with Crippen molar-refractivity contribution < 1.29 is 0 Å². The highest BCUT2D eigenvalue weighted by molar-refractivity contribution is 7.11. The first-order chi connectivity index (χ1) is 12.1. The van der Waals surface area contributed by atoms with Gasteiger partial charge in [0.05, 0.1) is 12.2 Å². The van der Waals surface area contributed by atoms with Crippen molar-refractivity contribution >= 4 is 17.3 Å². The number of guanidine groups is 1. The number of rotatable bonds is 5. The number of aromatic nitrogens is 1. The fourth-order valence-electron chi connectivity index (χ4n) is 3.66. The van der Waals surface area contributed by atoms with Crippen molar-refractivity contribution in [3.63, 3.8) is 0 Å².